The van der Waals surface area contributed by atoms with Gasteiger partial charge in [-0.05, 0) is 70.9 Å². The first-order chi connectivity index (χ1) is 14.8. The normalized spacial score (nSPS) is 11.5. The van der Waals surface area contributed by atoms with Crippen LogP contribution in [0, 0.1) is 5.92 Å². The molecular weight excluding hydrogens is 470 g/mol. The highest BCUT2D eigenvalue weighted by Crippen LogP contribution is 2.25. The lowest BCUT2D eigenvalue weighted by Crippen LogP contribution is -2.34. The van der Waals surface area contributed by atoms with Crippen molar-refractivity contribution in [2.75, 3.05) is 26.1 Å². The summed E-state index contributed by atoms with van der Waals surface area (Å²) in [6, 6.07) is 11.8. The van der Waals surface area contributed by atoms with Crippen LogP contribution in [0.2, 0.25) is 0 Å². The number of hydrogen-bond donors (Lipinski definition) is 2. The van der Waals surface area contributed by atoms with E-state index in [1.807, 2.05) is 0 Å². The highest BCUT2D eigenvalue weighted by molar-refractivity contribution is 9.10. The van der Waals surface area contributed by atoms with Gasteiger partial charge in [-0.2, -0.15) is 5.10 Å². The molecule has 1 atom stereocenters. The van der Waals surface area contributed by atoms with Gasteiger partial charge in [0.05, 0.1) is 24.9 Å². The topological polar surface area (TPSA) is 115 Å². The summed E-state index contributed by atoms with van der Waals surface area (Å²) in [4.78, 5) is 35.6. The molecule has 0 aromatic heterocycles. The van der Waals surface area contributed by atoms with E-state index in [2.05, 4.69) is 36.5 Å². The summed E-state index contributed by atoms with van der Waals surface area (Å²) in [7, 11) is 2.82. The van der Waals surface area contributed by atoms with E-state index in [0.717, 1.165) is 0 Å². The zero-order chi connectivity index (χ0) is 22.8. The van der Waals surface area contributed by atoms with Gasteiger partial charge in [0.25, 0.3) is 5.91 Å². The van der Waals surface area contributed by atoms with Crippen LogP contribution in [0.25, 0.3) is 0 Å². The van der Waals surface area contributed by atoms with Crippen molar-refractivity contribution >= 4 is 45.6 Å². The number of hydrazone groups is 1. The number of carbonyl (C=O) groups is 3. The Morgan fingerprint density at radius 1 is 1.10 bits per heavy atom. The van der Waals surface area contributed by atoms with Crippen molar-refractivity contribution in [3.8, 4) is 11.5 Å². The Morgan fingerprint density at radius 3 is 2.42 bits per heavy atom. The predicted molar refractivity (Wildman–Crippen MR) is 118 cm³/mol. The van der Waals surface area contributed by atoms with Crippen LogP contribution in [-0.4, -0.2) is 44.8 Å². The maximum absolute atomic E-state index is 12.2. The van der Waals surface area contributed by atoms with Crippen molar-refractivity contribution in [1.82, 2.24) is 5.43 Å². The Hall–Kier alpha value is -3.40. The van der Waals surface area contributed by atoms with Gasteiger partial charge in [-0.25, -0.2) is 10.2 Å². The van der Waals surface area contributed by atoms with E-state index in [1.54, 1.807) is 49.6 Å². The van der Waals surface area contributed by atoms with Crippen LogP contribution < -0.4 is 20.2 Å². The summed E-state index contributed by atoms with van der Waals surface area (Å²) >= 11 is 3.34. The summed E-state index contributed by atoms with van der Waals surface area (Å²) < 4.78 is 15.5. The monoisotopic (exact) mass is 491 g/mol. The molecule has 0 heterocycles. The van der Waals surface area contributed by atoms with Gasteiger partial charge in [0.1, 0.15) is 17.4 Å². The number of carbonyl (C=O) groups excluding carboxylic acids is 3. The fourth-order valence-electron chi connectivity index (χ4n) is 2.22. The highest BCUT2D eigenvalue weighted by atomic mass is 79.9. The number of ether oxygens (including phenoxy) is 3. The van der Waals surface area contributed by atoms with Crippen molar-refractivity contribution in [2.45, 2.75) is 6.92 Å². The molecule has 2 rings (SSSR count). The fraction of sp³-hybridized carbons (Fsp3) is 0.238. The van der Waals surface area contributed by atoms with E-state index in [9.17, 15) is 14.4 Å². The zero-order valence-electron chi connectivity index (χ0n) is 17.2. The van der Waals surface area contributed by atoms with Gasteiger partial charge in [0.15, 0.2) is 6.61 Å². The molecule has 0 aliphatic carbocycles. The third kappa shape index (κ3) is 7.41. The van der Waals surface area contributed by atoms with Crippen LogP contribution in [0.3, 0.4) is 0 Å². The van der Waals surface area contributed by atoms with Gasteiger partial charge < -0.3 is 19.5 Å². The molecule has 0 aliphatic heterocycles. The van der Waals surface area contributed by atoms with Gasteiger partial charge in [-0.1, -0.05) is 0 Å². The average molecular weight is 492 g/mol. The van der Waals surface area contributed by atoms with Crippen LogP contribution in [0.1, 0.15) is 12.5 Å². The molecular formula is C21H22BrN3O6. The molecule has 0 saturated carbocycles. The van der Waals surface area contributed by atoms with Gasteiger partial charge >= 0.3 is 5.97 Å². The van der Waals surface area contributed by atoms with Gasteiger partial charge in [0.2, 0.25) is 5.91 Å². The zero-order valence-corrected chi connectivity index (χ0v) is 18.8. The first-order valence-corrected chi connectivity index (χ1v) is 9.90. The molecule has 2 aromatic carbocycles. The molecule has 0 aliphatic rings. The number of anilines is 1. The number of nitrogens with zero attached hydrogens (tertiary/aromatic N) is 1. The molecule has 0 fully saturated rings. The van der Waals surface area contributed by atoms with Gasteiger partial charge in [-0.15, -0.1) is 0 Å². The third-order valence-electron chi connectivity index (χ3n) is 4.06. The molecule has 2 aromatic rings. The number of benzene rings is 2. The molecule has 2 amide bonds. The molecule has 10 heteroatoms. The molecule has 0 bridgehead atoms. The van der Waals surface area contributed by atoms with Crippen molar-refractivity contribution in [3.63, 3.8) is 0 Å². The van der Waals surface area contributed by atoms with E-state index in [4.69, 9.17) is 9.47 Å². The molecule has 0 spiro atoms. The third-order valence-corrected chi connectivity index (χ3v) is 4.68. The largest absolute Gasteiger partial charge is 0.497 e. The Labute approximate surface area is 187 Å². The smallest absolute Gasteiger partial charge is 0.343 e. The van der Waals surface area contributed by atoms with E-state index in [-0.39, 0.29) is 6.61 Å². The Kier molecular flexibility index (Phi) is 9.01. The lowest BCUT2D eigenvalue weighted by molar-refractivity contribution is -0.143. The van der Waals surface area contributed by atoms with E-state index in [0.29, 0.717) is 27.2 Å². The minimum atomic E-state index is -0.958. The number of halogens is 1. The second-order valence-corrected chi connectivity index (χ2v) is 7.08. The first kappa shape index (κ1) is 23.9. The first-order valence-electron chi connectivity index (χ1n) is 9.11. The maximum atomic E-state index is 12.2. The molecule has 0 radical (unpaired) electrons. The highest BCUT2D eigenvalue weighted by Gasteiger charge is 2.21. The minimum absolute atomic E-state index is 0.213. The second-order valence-electron chi connectivity index (χ2n) is 6.23. The van der Waals surface area contributed by atoms with Crippen molar-refractivity contribution in [3.05, 3.63) is 52.5 Å². The van der Waals surface area contributed by atoms with Crippen LogP contribution in [-0.2, 0) is 19.1 Å². The summed E-state index contributed by atoms with van der Waals surface area (Å²) in [5.41, 5.74) is 3.55. The number of nitrogens with one attached hydrogen (secondary N) is 2. The molecule has 0 saturated heterocycles. The summed E-state index contributed by atoms with van der Waals surface area (Å²) in [5.74, 6) is -1.36. The Balaban J connectivity index is 1.87. The molecule has 31 heavy (non-hydrogen) atoms. The number of rotatable bonds is 9. The standard InChI is InChI=1S/C21H22BrN3O6/c1-13(20(27)24-15-5-7-16(29-2)8-6-15)21(28)25-23-11-14-4-9-18(17(22)10-14)31-12-19(26)30-3/h4-11,13H,12H2,1-3H3,(H,24,27)(H,25,28). The van der Waals surface area contributed by atoms with Crippen molar-refractivity contribution in [1.29, 1.82) is 0 Å². The summed E-state index contributed by atoms with van der Waals surface area (Å²) in [6.07, 6.45) is 1.42. The van der Waals surface area contributed by atoms with E-state index >= 15 is 0 Å². The SMILES string of the molecule is COC(=O)COc1ccc(C=NNC(=O)C(C)C(=O)Nc2ccc(OC)cc2)cc1Br. The Bertz CT molecular complexity index is 962. The van der Waals surface area contributed by atoms with Crippen molar-refractivity contribution in [2.24, 2.45) is 11.0 Å². The maximum Gasteiger partial charge on any atom is 0.343 e. The quantitative estimate of drug-likeness (QED) is 0.241. The molecule has 2 N–H and O–H groups in total. The number of methoxy groups -OCH3 is 2. The lowest BCUT2D eigenvalue weighted by Gasteiger charge is -2.11. The number of amides is 2. The molecule has 9 nitrogen and oxygen atoms in total. The van der Waals surface area contributed by atoms with Crippen LogP contribution >= 0.6 is 15.9 Å². The summed E-state index contributed by atoms with van der Waals surface area (Å²) in [6.45, 7) is 1.27. The number of esters is 1. The van der Waals surface area contributed by atoms with Crippen molar-refractivity contribution < 1.29 is 28.6 Å². The molecule has 164 valence electrons. The minimum Gasteiger partial charge on any atom is -0.497 e. The summed E-state index contributed by atoms with van der Waals surface area (Å²) in [5, 5.41) is 6.54. The second kappa shape index (κ2) is 11.7. The number of hydrogen-bond acceptors (Lipinski definition) is 7. The van der Waals surface area contributed by atoms with E-state index < -0.39 is 23.7 Å². The van der Waals surface area contributed by atoms with E-state index in [1.165, 1.54) is 20.2 Å². The van der Waals surface area contributed by atoms with Gasteiger partial charge in [-0.3, -0.25) is 9.59 Å². The Morgan fingerprint density at radius 2 is 1.81 bits per heavy atom. The van der Waals surface area contributed by atoms with Crippen LogP contribution in [0.5, 0.6) is 11.5 Å². The lowest BCUT2D eigenvalue weighted by atomic mass is 10.1. The van der Waals surface area contributed by atoms with Crippen LogP contribution in [0.15, 0.2) is 52.0 Å². The molecule has 1 unspecified atom stereocenters. The predicted octanol–water partition coefficient (Wildman–Crippen LogP) is 2.73. The fourth-order valence-corrected chi connectivity index (χ4v) is 2.73. The average Bonchev–Trinajstić information content (AvgIpc) is 2.78. The van der Waals surface area contributed by atoms with Crippen LogP contribution in [0.4, 0.5) is 5.69 Å². The van der Waals surface area contributed by atoms with Gasteiger partial charge in [0, 0.05) is 5.69 Å².